The molecule has 1 saturated heterocycles. The van der Waals surface area contributed by atoms with E-state index in [9.17, 15) is 15.5 Å². The molecule has 1 aliphatic heterocycles. The summed E-state index contributed by atoms with van der Waals surface area (Å²) in [5.74, 6) is 0.991. The van der Waals surface area contributed by atoms with Gasteiger partial charge < -0.3 is 24.5 Å². The SMILES string of the molecule is Cc1c(Nc2nccc3cc(CN4CC[C@@H](O)C4)cnc23)cccc1-c1cccc(-c2nc3c(=N)n(CCO)cc(C#N)c3o2)c1C. The van der Waals surface area contributed by atoms with Crippen molar-refractivity contribution in [1.82, 2.24) is 24.4 Å². The fourth-order valence-corrected chi connectivity index (χ4v) is 6.40. The Labute approximate surface area is 270 Å². The van der Waals surface area contributed by atoms with Crippen molar-refractivity contribution >= 4 is 33.5 Å². The molecule has 6 aromatic rings. The second-order valence-electron chi connectivity index (χ2n) is 12.0. The summed E-state index contributed by atoms with van der Waals surface area (Å²) in [6, 6.07) is 18.3. The molecule has 1 aliphatic rings. The summed E-state index contributed by atoms with van der Waals surface area (Å²) in [6.45, 7) is 6.42. The van der Waals surface area contributed by atoms with E-state index in [2.05, 4.69) is 51.4 Å². The van der Waals surface area contributed by atoms with Gasteiger partial charge in [0.2, 0.25) is 5.89 Å². The monoisotopic (exact) mass is 626 g/mol. The number of hydrogen-bond donors (Lipinski definition) is 4. The third-order valence-corrected chi connectivity index (χ3v) is 8.88. The largest absolute Gasteiger partial charge is 0.434 e. The quantitative estimate of drug-likeness (QED) is 0.179. The van der Waals surface area contributed by atoms with E-state index < -0.39 is 0 Å². The van der Waals surface area contributed by atoms with Gasteiger partial charge in [-0.1, -0.05) is 24.3 Å². The van der Waals surface area contributed by atoms with Crippen LogP contribution in [0, 0.1) is 30.6 Å². The van der Waals surface area contributed by atoms with Crippen molar-refractivity contribution in [3.63, 3.8) is 0 Å². The highest BCUT2D eigenvalue weighted by Crippen LogP contribution is 2.37. The fraction of sp³-hybridized carbons (Fsp3) is 0.250. The molecule has 0 spiro atoms. The predicted octanol–water partition coefficient (Wildman–Crippen LogP) is 5.18. The lowest BCUT2D eigenvalue weighted by Gasteiger charge is -2.17. The molecule has 4 aromatic heterocycles. The van der Waals surface area contributed by atoms with E-state index in [1.807, 2.05) is 43.5 Å². The van der Waals surface area contributed by atoms with Crippen molar-refractivity contribution in [3.05, 3.63) is 94.9 Å². The molecule has 236 valence electrons. The molecular weight excluding hydrogens is 592 g/mol. The predicted molar refractivity (Wildman–Crippen MR) is 179 cm³/mol. The number of aromatic nitrogens is 4. The third-order valence-electron chi connectivity index (χ3n) is 8.88. The molecule has 0 aliphatic carbocycles. The van der Waals surface area contributed by atoms with E-state index in [1.54, 1.807) is 6.20 Å². The molecule has 0 saturated carbocycles. The topological polar surface area (TPSA) is 160 Å². The van der Waals surface area contributed by atoms with Crippen molar-refractivity contribution in [2.75, 3.05) is 25.0 Å². The number of nitrogens with zero attached hydrogens (tertiary/aromatic N) is 6. The van der Waals surface area contributed by atoms with Gasteiger partial charge in [0.1, 0.15) is 17.1 Å². The molecule has 5 heterocycles. The molecule has 11 nitrogen and oxygen atoms in total. The maximum Gasteiger partial charge on any atom is 0.227 e. The van der Waals surface area contributed by atoms with Crippen LogP contribution in [0.4, 0.5) is 11.5 Å². The normalized spacial score (nSPS) is 15.0. The molecule has 0 radical (unpaired) electrons. The Kier molecular flexibility index (Phi) is 7.99. The van der Waals surface area contributed by atoms with E-state index in [-0.39, 0.29) is 41.4 Å². The van der Waals surface area contributed by atoms with Crippen LogP contribution in [0.15, 0.2) is 71.5 Å². The summed E-state index contributed by atoms with van der Waals surface area (Å²) in [7, 11) is 0. The highest BCUT2D eigenvalue weighted by atomic mass is 16.3. The van der Waals surface area contributed by atoms with Crippen LogP contribution in [0.1, 0.15) is 28.7 Å². The van der Waals surface area contributed by atoms with E-state index in [0.29, 0.717) is 18.3 Å². The van der Waals surface area contributed by atoms with Gasteiger partial charge in [-0.05, 0) is 72.4 Å². The smallest absolute Gasteiger partial charge is 0.227 e. The molecule has 1 fully saturated rings. The van der Waals surface area contributed by atoms with Gasteiger partial charge in [0, 0.05) is 61.4 Å². The number of likely N-dealkylation sites (tertiary alicyclic amines) is 1. The zero-order valence-corrected chi connectivity index (χ0v) is 26.2. The number of nitrogens with one attached hydrogen (secondary N) is 2. The Balaban J connectivity index is 1.22. The summed E-state index contributed by atoms with van der Waals surface area (Å²) in [4.78, 5) is 16.3. The van der Waals surface area contributed by atoms with Crippen molar-refractivity contribution in [2.24, 2.45) is 0 Å². The lowest BCUT2D eigenvalue weighted by Crippen LogP contribution is -2.22. The molecule has 47 heavy (non-hydrogen) atoms. The van der Waals surface area contributed by atoms with E-state index in [1.165, 1.54) is 10.8 Å². The molecule has 1 atom stereocenters. The van der Waals surface area contributed by atoms with Crippen LogP contribution in [0.2, 0.25) is 0 Å². The summed E-state index contributed by atoms with van der Waals surface area (Å²) in [5.41, 5.74) is 8.38. The Morgan fingerprint density at radius 2 is 1.85 bits per heavy atom. The molecule has 0 unspecified atom stereocenters. The highest BCUT2D eigenvalue weighted by molar-refractivity contribution is 5.91. The molecule has 2 aromatic carbocycles. The first kappa shape index (κ1) is 30.3. The van der Waals surface area contributed by atoms with Gasteiger partial charge in [0.25, 0.3) is 0 Å². The number of rotatable bonds is 8. The lowest BCUT2D eigenvalue weighted by atomic mass is 9.93. The van der Waals surface area contributed by atoms with Crippen LogP contribution in [0.25, 0.3) is 44.6 Å². The fourth-order valence-electron chi connectivity index (χ4n) is 6.40. The van der Waals surface area contributed by atoms with Crippen LogP contribution in [-0.4, -0.2) is 60.4 Å². The average molecular weight is 627 g/mol. The molecule has 0 bridgehead atoms. The van der Waals surface area contributed by atoms with Crippen LogP contribution >= 0.6 is 0 Å². The molecule has 11 heteroatoms. The minimum atomic E-state index is -0.254. The minimum Gasteiger partial charge on any atom is -0.434 e. The number of aliphatic hydroxyl groups excluding tert-OH is 2. The van der Waals surface area contributed by atoms with Gasteiger partial charge in [-0.3, -0.25) is 15.3 Å². The minimum absolute atomic E-state index is 0.0747. The van der Waals surface area contributed by atoms with Gasteiger partial charge in [0.05, 0.1) is 12.7 Å². The van der Waals surface area contributed by atoms with Gasteiger partial charge in [-0.15, -0.1) is 0 Å². The summed E-state index contributed by atoms with van der Waals surface area (Å²) < 4.78 is 7.61. The number of hydrogen-bond acceptors (Lipinski definition) is 10. The maximum absolute atomic E-state index is 9.90. The maximum atomic E-state index is 9.90. The Morgan fingerprint density at radius 1 is 1.06 bits per heavy atom. The van der Waals surface area contributed by atoms with Crippen molar-refractivity contribution in [1.29, 1.82) is 10.7 Å². The van der Waals surface area contributed by atoms with Crippen molar-refractivity contribution in [3.8, 4) is 28.7 Å². The first-order valence-electron chi connectivity index (χ1n) is 15.5. The van der Waals surface area contributed by atoms with E-state index >= 15 is 0 Å². The number of fused-ring (bicyclic) bond motifs is 2. The number of benzene rings is 2. The first-order chi connectivity index (χ1) is 22.8. The summed E-state index contributed by atoms with van der Waals surface area (Å²) in [6.07, 6.45) is 5.74. The van der Waals surface area contributed by atoms with Crippen molar-refractivity contribution in [2.45, 2.75) is 39.5 Å². The number of β-amino-alcohol motifs (C(OH)–C–C–N with tert-alkyl or cyclic N) is 1. The number of aliphatic hydroxyl groups is 2. The Hall–Kier alpha value is -5.41. The number of pyridine rings is 3. The summed E-state index contributed by atoms with van der Waals surface area (Å²) >= 11 is 0. The standard InChI is InChI=1S/C36H34N8O3/c1-21-27(5-3-7-29(21)36-42-32-33(47-36)25(16-37)19-44(13-14-45)34(32)38)28-6-4-8-30(22(28)2)41-35-31-24(9-11-39-35)15-23(17-40-31)18-43-12-10-26(46)20-43/h3-9,11,15,17,19,26,38,45-46H,10,12-14,18,20H2,1-2H3,(H,39,41)/t26-/m1/s1. The van der Waals surface area contributed by atoms with Gasteiger partial charge in [0.15, 0.2) is 22.4 Å². The number of oxazole rings is 1. The van der Waals surface area contributed by atoms with Crippen LogP contribution in [-0.2, 0) is 13.1 Å². The molecule has 4 N–H and O–H groups in total. The second-order valence-corrected chi connectivity index (χ2v) is 12.0. The molecule has 7 rings (SSSR count). The first-order valence-corrected chi connectivity index (χ1v) is 15.5. The van der Waals surface area contributed by atoms with E-state index in [0.717, 1.165) is 69.5 Å². The van der Waals surface area contributed by atoms with Crippen LogP contribution < -0.4 is 10.8 Å². The zero-order valence-electron chi connectivity index (χ0n) is 26.2. The molecular formula is C36H34N8O3. The second kappa shape index (κ2) is 12.4. The average Bonchev–Trinajstić information content (AvgIpc) is 3.70. The zero-order chi connectivity index (χ0) is 32.7. The van der Waals surface area contributed by atoms with Crippen molar-refractivity contribution < 1.29 is 14.6 Å². The number of anilines is 2. The van der Waals surface area contributed by atoms with Gasteiger partial charge in [-0.25, -0.2) is 9.97 Å². The van der Waals surface area contributed by atoms with Gasteiger partial charge >= 0.3 is 0 Å². The third kappa shape index (κ3) is 5.63. The highest BCUT2D eigenvalue weighted by Gasteiger charge is 2.21. The summed E-state index contributed by atoms with van der Waals surface area (Å²) in [5, 5.41) is 42.1. The lowest BCUT2D eigenvalue weighted by molar-refractivity contribution is 0.175. The van der Waals surface area contributed by atoms with E-state index in [4.69, 9.17) is 14.8 Å². The van der Waals surface area contributed by atoms with Crippen LogP contribution in [0.3, 0.4) is 0 Å². The Morgan fingerprint density at radius 3 is 2.62 bits per heavy atom. The number of nitriles is 1. The Bertz CT molecular complexity index is 2250. The van der Waals surface area contributed by atoms with Gasteiger partial charge in [-0.2, -0.15) is 5.26 Å². The molecule has 0 amide bonds. The van der Waals surface area contributed by atoms with Crippen LogP contribution in [0.5, 0.6) is 0 Å².